The molecule has 0 aromatic heterocycles. The van der Waals surface area contributed by atoms with Gasteiger partial charge in [-0.15, -0.1) is 0 Å². The molecule has 0 saturated carbocycles. The van der Waals surface area contributed by atoms with Crippen LogP contribution in [0.3, 0.4) is 0 Å². The lowest BCUT2D eigenvalue weighted by atomic mass is 10.0. The van der Waals surface area contributed by atoms with Gasteiger partial charge in [0.2, 0.25) is 5.91 Å². The molecule has 0 bridgehead atoms. The maximum Gasteiger partial charge on any atom is 0.326 e. The number of nitrogens with one attached hydrogen (secondary N) is 2. The Labute approximate surface area is 155 Å². The summed E-state index contributed by atoms with van der Waals surface area (Å²) in [4.78, 5) is 36.5. The zero-order valence-electron chi connectivity index (χ0n) is 16.0. The molecule has 6 nitrogen and oxygen atoms in total. The van der Waals surface area contributed by atoms with Crippen molar-refractivity contribution in [3.8, 4) is 0 Å². The van der Waals surface area contributed by atoms with Crippen molar-refractivity contribution in [3.63, 3.8) is 0 Å². The van der Waals surface area contributed by atoms with Crippen LogP contribution in [0.4, 0.5) is 0 Å². The number of hydrogen-bond donors (Lipinski definition) is 3. The molecule has 0 heterocycles. The van der Waals surface area contributed by atoms with E-state index in [9.17, 15) is 19.5 Å². The van der Waals surface area contributed by atoms with E-state index in [4.69, 9.17) is 0 Å². The maximum absolute atomic E-state index is 12.6. The summed E-state index contributed by atoms with van der Waals surface area (Å²) in [5.74, 6) is -1.67. The lowest BCUT2D eigenvalue weighted by Crippen LogP contribution is -2.52. The topological polar surface area (TPSA) is 95.5 Å². The number of hydrogen-bond acceptors (Lipinski definition) is 3. The minimum Gasteiger partial charge on any atom is -0.480 e. The first-order chi connectivity index (χ1) is 12.3. The molecule has 0 aliphatic heterocycles. The van der Waals surface area contributed by atoms with Gasteiger partial charge in [-0.3, -0.25) is 9.59 Å². The Morgan fingerprint density at radius 1 is 1.08 bits per heavy atom. The molecule has 0 radical (unpaired) electrons. The van der Waals surface area contributed by atoms with Crippen molar-refractivity contribution in [2.75, 3.05) is 0 Å². The first-order valence-corrected chi connectivity index (χ1v) is 9.15. The quantitative estimate of drug-likeness (QED) is 0.596. The molecule has 2 unspecified atom stereocenters. The minimum absolute atomic E-state index is 0.168. The number of carboxylic acid groups (broad SMARTS) is 1. The molecule has 3 N–H and O–H groups in total. The van der Waals surface area contributed by atoms with Gasteiger partial charge in [0.25, 0.3) is 5.91 Å². The molecule has 0 spiro atoms. The highest BCUT2D eigenvalue weighted by Gasteiger charge is 2.27. The highest BCUT2D eigenvalue weighted by Crippen LogP contribution is 2.11. The van der Waals surface area contributed by atoms with Crippen molar-refractivity contribution < 1.29 is 19.5 Å². The van der Waals surface area contributed by atoms with E-state index in [1.807, 2.05) is 39.8 Å². The summed E-state index contributed by atoms with van der Waals surface area (Å²) < 4.78 is 0. The highest BCUT2D eigenvalue weighted by atomic mass is 16.4. The van der Waals surface area contributed by atoms with Gasteiger partial charge in [0.1, 0.15) is 12.1 Å². The zero-order chi connectivity index (χ0) is 19.7. The van der Waals surface area contributed by atoms with Gasteiger partial charge in [0.15, 0.2) is 0 Å². The summed E-state index contributed by atoms with van der Waals surface area (Å²) in [5, 5.41) is 14.6. The monoisotopic (exact) mass is 362 g/mol. The van der Waals surface area contributed by atoms with E-state index in [0.717, 1.165) is 12.0 Å². The lowest BCUT2D eigenvalue weighted by Gasteiger charge is -2.23. The normalized spacial score (nSPS) is 13.1. The van der Waals surface area contributed by atoms with Gasteiger partial charge in [0.05, 0.1) is 0 Å². The second-order valence-electron chi connectivity index (χ2n) is 7.01. The predicted molar refractivity (Wildman–Crippen MR) is 101 cm³/mol. The lowest BCUT2D eigenvalue weighted by molar-refractivity contribution is -0.142. The number of carbonyl (C=O) groups is 3. The molecule has 144 valence electrons. The summed E-state index contributed by atoms with van der Waals surface area (Å²) >= 11 is 0. The summed E-state index contributed by atoms with van der Waals surface area (Å²) in [6, 6.07) is 5.44. The zero-order valence-corrected chi connectivity index (χ0v) is 16.0. The fraction of sp³-hybridized carbons (Fsp3) is 0.550. The average molecular weight is 362 g/mol. The van der Waals surface area contributed by atoms with E-state index < -0.39 is 24.0 Å². The summed E-state index contributed by atoms with van der Waals surface area (Å²) in [6.07, 6.45) is 2.36. The van der Waals surface area contributed by atoms with Crippen molar-refractivity contribution in [1.82, 2.24) is 10.6 Å². The van der Waals surface area contributed by atoms with Crippen LogP contribution in [0.5, 0.6) is 0 Å². The van der Waals surface area contributed by atoms with Gasteiger partial charge in [-0.2, -0.15) is 0 Å². The van der Waals surface area contributed by atoms with Crippen LogP contribution in [-0.2, 0) is 9.59 Å². The number of carbonyl (C=O) groups excluding carboxylic acids is 2. The van der Waals surface area contributed by atoms with E-state index in [1.165, 1.54) is 0 Å². The van der Waals surface area contributed by atoms with Crippen LogP contribution in [0.15, 0.2) is 24.3 Å². The van der Waals surface area contributed by atoms with Gasteiger partial charge in [-0.1, -0.05) is 51.8 Å². The van der Waals surface area contributed by atoms with E-state index in [2.05, 4.69) is 10.6 Å². The molecule has 0 aliphatic carbocycles. The molecule has 1 aromatic rings. The van der Waals surface area contributed by atoms with Crippen LogP contribution in [-0.4, -0.2) is 35.0 Å². The maximum atomic E-state index is 12.6. The molecule has 0 aliphatic rings. The molecule has 2 amide bonds. The van der Waals surface area contributed by atoms with Gasteiger partial charge in [0, 0.05) is 5.56 Å². The Hall–Kier alpha value is -2.37. The molecule has 1 rings (SSSR count). The van der Waals surface area contributed by atoms with Crippen molar-refractivity contribution in [2.24, 2.45) is 5.92 Å². The molecular formula is C20H30N2O4. The number of rotatable bonds is 10. The Morgan fingerprint density at radius 2 is 1.73 bits per heavy atom. The Kier molecular flexibility index (Phi) is 8.82. The van der Waals surface area contributed by atoms with Crippen molar-refractivity contribution >= 4 is 17.8 Å². The van der Waals surface area contributed by atoms with E-state index in [1.54, 1.807) is 12.1 Å². The van der Waals surface area contributed by atoms with E-state index in [-0.39, 0.29) is 11.8 Å². The third kappa shape index (κ3) is 6.86. The molecule has 2 atom stereocenters. The second-order valence-corrected chi connectivity index (χ2v) is 7.01. The van der Waals surface area contributed by atoms with Crippen LogP contribution in [0.1, 0.15) is 62.4 Å². The first-order valence-electron chi connectivity index (χ1n) is 9.15. The van der Waals surface area contributed by atoms with Crippen molar-refractivity contribution in [2.45, 2.75) is 65.5 Å². The molecule has 0 fully saturated rings. The van der Waals surface area contributed by atoms with Crippen molar-refractivity contribution in [1.29, 1.82) is 0 Å². The number of benzene rings is 1. The van der Waals surface area contributed by atoms with Crippen LogP contribution in [0.25, 0.3) is 0 Å². The Balaban J connectivity index is 2.87. The van der Waals surface area contributed by atoms with Crippen LogP contribution >= 0.6 is 0 Å². The SMILES string of the molecule is CCCCC(NC(=O)C(CC(C)C)NC(=O)c1ccccc1C)C(=O)O. The number of aliphatic carboxylic acids is 1. The third-order valence-corrected chi connectivity index (χ3v) is 4.18. The fourth-order valence-corrected chi connectivity index (χ4v) is 2.70. The molecule has 1 aromatic carbocycles. The first kappa shape index (κ1) is 21.7. The second kappa shape index (κ2) is 10.6. The standard InChI is InChI=1S/C20H30N2O4/c1-5-6-11-16(20(25)26)21-19(24)17(12-13(2)3)22-18(23)15-10-8-7-9-14(15)4/h7-10,13,16-17H,5-6,11-12H2,1-4H3,(H,21,24)(H,22,23)(H,25,26). The summed E-state index contributed by atoms with van der Waals surface area (Å²) in [7, 11) is 0. The number of carboxylic acids is 1. The number of aryl methyl sites for hydroxylation is 1. The van der Waals surface area contributed by atoms with Crippen LogP contribution in [0, 0.1) is 12.8 Å². The largest absolute Gasteiger partial charge is 0.480 e. The number of amides is 2. The molecule has 0 saturated heterocycles. The van der Waals surface area contributed by atoms with Crippen LogP contribution in [0.2, 0.25) is 0 Å². The van der Waals surface area contributed by atoms with E-state index in [0.29, 0.717) is 24.8 Å². The van der Waals surface area contributed by atoms with Gasteiger partial charge in [-0.25, -0.2) is 4.79 Å². The van der Waals surface area contributed by atoms with Gasteiger partial charge < -0.3 is 15.7 Å². The smallest absolute Gasteiger partial charge is 0.326 e. The van der Waals surface area contributed by atoms with Crippen LogP contribution < -0.4 is 10.6 Å². The number of unbranched alkanes of at least 4 members (excludes halogenated alkanes) is 1. The average Bonchev–Trinajstić information content (AvgIpc) is 2.57. The molecular weight excluding hydrogens is 332 g/mol. The molecule has 26 heavy (non-hydrogen) atoms. The molecule has 6 heteroatoms. The fourth-order valence-electron chi connectivity index (χ4n) is 2.70. The van der Waals surface area contributed by atoms with Gasteiger partial charge in [-0.05, 0) is 37.3 Å². The third-order valence-electron chi connectivity index (χ3n) is 4.18. The summed E-state index contributed by atoms with van der Waals surface area (Å²) in [5.41, 5.74) is 1.33. The Bertz CT molecular complexity index is 628. The van der Waals surface area contributed by atoms with Crippen molar-refractivity contribution in [3.05, 3.63) is 35.4 Å². The predicted octanol–water partition coefficient (Wildman–Crippen LogP) is 2.90. The summed E-state index contributed by atoms with van der Waals surface area (Å²) in [6.45, 7) is 7.69. The Morgan fingerprint density at radius 3 is 2.27 bits per heavy atom. The van der Waals surface area contributed by atoms with E-state index >= 15 is 0 Å². The highest BCUT2D eigenvalue weighted by molar-refractivity contribution is 5.99. The van der Waals surface area contributed by atoms with Gasteiger partial charge >= 0.3 is 5.97 Å². The minimum atomic E-state index is -1.06.